The van der Waals surface area contributed by atoms with E-state index < -0.39 is 0 Å². The first-order valence-electron chi connectivity index (χ1n) is 9.91. The molecule has 0 radical (unpaired) electrons. The molecule has 26 heavy (non-hydrogen) atoms. The number of amides is 1. The van der Waals surface area contributed by atoms with Gasteiger partial charge in [0.05, 0.1) is 12.0 Å². The molecule has 4 aliphatic carbocycles. The van der Waals surface area contributed by atoms with Crippen molar-refractivity contribution in [2.24, 2.45) is 23.2 Å². The van der Waals surface area contributed by atoms with Crippen LogP contribution >= 0.6 is 12.2 Å². The van der Waals surface area contributed by atoms with E-state index in [2.05, 4.69) is 17.6 Å². The summed E-state index contributed by atoms with van der Waals surface area (Å²) in [5, 5.41) is 6.52. The molecular weight excluding hydrogens is 344 g/mol. The third-order valence-corrected chi connectivity index (χ3v) is 6.52. The predicted molar refractivity (Wildman–Crippen MR) is 107 cm³/mol. The Labute approximate surface area is 161 Å². The molecule has 0 aliphatic heterocycles. The first kappa shape index (κ1) is 17.8. The number of ether oxygens (including phenoxy) is 1. The highest BCUT2D eigenvalue weighted by Crippen LogP contribution is 2.60. The second-order valence-electron chi connectivity index (χ2n) is 8.48. The number of carbonyl (C=O) groups excluding carboxylic acids is 1. The first-order chi connectivity index (χ1) is 12.6. The summed E-state index contributed by atoms with van der Waals surface area (Å²) in [5.74, 6) is 3.20. The van der Waals surface area contributed by atoms with Crippen LogP contribution in [0.25, 0.3) is 0 Å². The first-order valence-corrected chi connectivity index (χ1v) is 10.3. The van der Waals surface area contributed by atoms with Gasteiger partial charge < -0.3 is 15.4 Å². The summed E-state index contributed by atoms with van der Waals surface area (Å²) in [4.78, 5) is 13.0. The van der Waals surface area contributed by atoms with E-state index in [1.54, 1.807) is 0 Å². The largest absolute Gasteiger partial charge is 0.494 e. The van der Waals surface area contributed by atoms with Crippen molar-refractivity contribution in [2.45, 2.75) is 51.9 Å². The summed E-state index contributed by atoms with van der Waals surface area (Å²) in [7, 11) is 0. The van der Waals surface area contributed by atoms with Crippen LogP contribution in [-0.2, 0) is 4.79 Å². The molecule has 0 aromatic heterocycles. The Morgan fingerprint density at radius 3 is 2.46 bits per heavy atom. The zero-order valence-electron chi connectivity index (χ0n) is 15.4. The SMILES string of the molecule is CCCOc1cccc(NC(=S)NC(=O)C23CC4CC(CC(C4)C2)C3)c1. The van der Waals surface area contributed by atoms with Crippen molar-refractivity contribution in [2.75, 3.05) is 11.9 Å². The average molecular weight is 373 g/mol. The highest BCUT2D eigenvalue weighted by atomic mass is 32.1. The van der Waals surface area contributed by atoms with Gasteiger partial charge in [0.25, 0.3) is 0 Å². The van der Waals surface area contributed by atoms with Crippen LogP contribution in [0.5, 0.6) is 5.75 Å². The van der Waals surface area contributed by atoms with E-state index in [-0.39, 0.29) is 11.3 Å². The molecule has 140 valence electrons. The van der Waals surface area contributed by atoms with Gasteiger partial charge in [-0.1, -0.05) is 13.0 Å². The van der Waals surface area contributed by atoms with Crippen molar-refractivity contribution in [3.8, 4) is 5.75 Å². The average Bonchev–Trinajstić information content (AvgIpc) is 2.59. The van der Waals surface area contributed by atoms with E-state index in [1.807, 2.05) is 24.3 Å². The van der Waals surface area contributed by atoms with Gasteiger partial charge in [-0.15, -0.1) is 0 Å². The summed E-state index contributed by atoms with van der Waals surface area (Å²) in [6, 6.07) is 7.70. The lowest BCUT2D eigenvalue weighted by Crippen LogP contribution is -2.55. The number of anilines is 1. The molecule has 4 fully saturated rings. The van der Waals surface area contributed by atoms with Gasteiger partial charge in [-0.05, 0) is 87.1 Å². The van der Waals surface area contributed by atoms with Gasteiger partial charge >= 0.3 is 0 Å². The molecule has 0 spiro atoms. The fourth-order valence-electron chi connectivity index (χ4n) is 5.67. The molecule has 5 heteroatoms. The zero-order chi connectivity index (χ0) is 18.1. The molecule has 1 amide bonds. The molecule has 2 N–H and O–H groups in total. The minimum atomic E-state index is -0.174. The number of hydrogen-bond acceptors (Lipinski definition) is 3. The van der Waals surface area contributed by atoms with E-state index in [4.69, 9.17) is 17.0 Å². The van der Waals surface area contributed by atoms with Crippen molar-refractivity contribution >= 4 is 28.9 Å². The van der Waals surface area contributed by atoms with Crippen LogP contribution in [-0.4, -0.2) is 17.6 Å². The van der Waals surface area contributed by atoms with Crippen molar-refractivity contribution in [3.63, 3.8) is 0 Å². The van der Waals surface area contributed by atoms with Gasteiger partial charge in [0.1, 0.15) is 5.75 Å². The lowest BCUT2D eigenvalue weighted by Gasteiger charge is -2.55. The molecule has 4 nitrogen and oxygen atoms in total. The number of thiocarbonyl (C=S) groups is 1. The Bertz CT molecular complexity index is 668. The number of hydrogen-bond donors (Lipinski definition) is 2. The monoisotopic (exact) mass is 372 g/mol. The molecule has 5 rings (SSSR count). The fraction of sp³-hybridized carbons (Fsp3) is 0.619. The third-order valence-electron chi connectivity index (χ3n) is 6.31. The van der Waals surface area contributed by atoms with Crippen molar-refractivity contribution in [1.29, 1.82) is 0 Å². The fourth-order valence-corrected chi connectivity index (χ4v) is 5.88. The van der Waals surface area contributed by atoms with Crippen LogP contribution in [0.3, 0.4) is 0 Å². The van der Waals surface area contributed by atoms with Gasteiger partial charge in [-0.25, -0.2) is 0 Å². The predicted octanol–water partition coefficient (Wildman–Crippen LogP) is 4.50. The van der Waals surface area contributed by atoms with Gasteiger partial charge in [0, 0.05) is 11.8 Å². The number of benzene rings is 1. The molecule has 4 bridgehead atoms. The second-order valence-corrected chi connectivity index (χ2v) is 8.89. The molecule has 0 unspecified atom stereocenters. The highest BCUT2D eigenvalue weighted by Gasteiger charge is 2.54. The molecule has 4 aliphatic rings. The summed E-state index contributed by atoms with van der Waals surface area (Å²) in [6.45, 7) is 2.77. The molecule has 0 atom stereocenters. The molecule has 4 saturated carbocycles. The zero-order valence-corrected chi connectivity index (χ0v) is 16.2. The molecule has 0 saturated heterocycles. The minimum absolute atomic E-state index is 0.132. The maximum atomic E-state index is 13.0. The van der Waals surface area contributed by atoms with Crippen LogP contribution < -0.4 is 15.4 Å². The van der Waals surface area contributed by atoms with Gasteiger partial charge in [0.15, 0.2) is 5.11 Å². The van der Waals surface area contributed by atoms with E-state index in [0.29, 0.717) is 11.7 Å². The van der Waals surface area contributed by atoms with Crippen LogP contribution in [0.2, 0.25) is 0 Å². The number of nitrogens with one attached hydrogen (secondary N) is 2. The van der Waals surface area contributed by atoms with E-state index >= 15 is 0 Å². The maximum absolute atomic E-state index is 13.0. The molecule has 1 aromatic rings. The van der Waals surface area contributed by atoms with E-state index in [9.17, 15) is 4.79 Å². The molecular formula is C21H28N2O2S. The number of rotatable bonds is 5. The van der Waals surface area contributed by atoms with Crippen LogP contribution in [0.1, 0.15) is 51.9 Å². The molecule has 1 aromatic carbocycles. The quantitative estimate of drug-likeness (QED) is 0.747. The summed E-state index contributed by atoms with van der Waals surface area (Å²) in [6.07, 6.45) is 8.12. The summed E-state index contributed by atoms with van der Waals surface area (Å²) >= 11 is 5.41. The smallest absolute Gasteiger partial charge is 0.232 e. The standard InChI is InChI=1S/C21H28N2O2S/c1-2-6-25-18-5-3-4-17(10-18)22-20(26)23-19(24)21-11-14-7-15(12-21)9-16(8-14)13-21/h3-5,10,14-16H,2,6-9,11-13H2,1H3,(H2,22,23,24,26). The Balaban J connectivity index is 1.37. The van der Waals surface area contributed by atoms with Crippen LogP contribution in [0.15, 0.2) is 24.3 Å². The van der Waals surface area contributed by atoms with E-state index in [0.717, 1.165) is 54.9 Å². The Morgan fingerprint density at radius 1 is 1.19 bits per heavy atom. The summed E-state index contributed by atoms with van der Waals surface area (Å²) < 4.78 is 5.65. The second kappa shape index (κ2) is 7.18. The summed E-state index contributed by atoms with van der Waals surface area (Å²) in [5.41, 5.74) is 0.668. The Kier molecular flexibility index (Phi) is 4.91. The molecule has 0 heterocycles. The van der Waals surface area contributed by atoms with Crippen LogP contribution in [0, 0.1) is 23.2 Å². The van der Waals surface area contributed by atoms with Gasteiger partial charge in [0.2, 0.25) is 5.91 Å². The maximum Gasteiger partial charge on any atom is 0.232 e. The minimum Gasteiger partial charge on any atom is -0.494 e. The lowest BCUT2D eigenvalue weighted by atomic mass is 9.49. The van der Waals surface area contributed by atoms with Crippen molar-refractivity contribution < 1.29 is 9.53 Å². The topological polar surface area (TPSA) is 50.4 Å². The normalized spacial score (nSPS) is 31.5. The van der Waals surface area contributed by atoms with Gasteiger partial charge in [-0.2, -0.15) is 0 Å². The Morgan fingerprint density at radius 2 is 1.85 bits per heavy atom. The van der Waals surface area contributed by atoms with Crippen LogP contribution in [0.4, 0.5) is 5.69 Å². The van der Waals surface area contributed by atoms with Crippen molar-refractivity contribution in [1.82, 2.24) is 5.32 Å². The van der Waals surface area contributed by atoms with Gasteiger partial charge in [-0.3, -0.25) is 4.79 Å². The Hall–Kier alpha value is -1.62. The van der Waals surface area contributed by atoms with E-state index in [1.165, 1.54) is 19.3 Å². The van der Waals surface area contributed by atoms with Crippen molar-refractivity contribution in [3.05, 3.63) is 24.3 Å². The number of carbonyl (C=O) groups is 1. The third kappa shape index (κ3) is 3.59. The highest BCUT2D eigenvalue weighted by molar-refractivity contribution is 7.80. The lowest BCUT2D eigenvalue weighted by molar-refractivity contribution is -0.144.